The molecule has 51 heavy (non-hydrogen) atoms. The summed E-state index contributed by atoms with van der Waals surface area (Å²) in [5.74, 6) is 0. The van der Waals surface area contributed by atoms with E-state index in [1.165, 1.54) is 27.8 Å². The molecule has 0 aliphatic heterocycles. The van der Waals surface area contributed by atoms with Crippen LogP contribution in [0, 0.1) is 11.3 Å². The van der Waals surface area contributed by atoms with E-state index in [0.717, 1.165) is 50.6 Å². The number of hydrogen-bond acceptors (Lipinski definition) is 4. The maximum Gasteiger partial charge on any atom is 0.0998 e. The van der Waals surface area contributed by atoms with Crippen molar-refractivity contribution in [1.82, 2.24) is 15.0 Å². The first-order valence-corrected chi connectivity index (χ1v) is 17.0. The van der Waals surface area contributed by atoms with Crippen LogP contribution in [0.25, 0.3) is 56.2 Å². The van der Waals surface area contributed by atoms with E-state index < -0.39 is 5.41 Å². The van der Waals surface area contributed by atoms with Gasteiger partial charge in [0.25, 0.3) is 0 Å². The first-order valence-electron chi connectivity index (χ1n) is 17.0. The van der Waals surface area contributed by atoms with Gasteiger partial charge >= 0.3 is 0 Å². The van der Waals surface area contributed by atoms with Crippen molar-refractivity contribution in [3.63, 3.8) is 0 Å². The molecule has 0 amide bonds. The standard InChI is InChI=1S/C47H30N4/c48-31-32-15-7-8-20-36(32)39-30-42-40(37-21-9-10-22-41(37)47(42,34-16-3-1-4-17-34)35-18-5-2-6-19-35)29-38(39)33-27-45(43-23-11-13-25-49-43)51-46(28-33)44-24-12-14-26-50-44/h1-30H. The van der Waals surface area contributed by atoms with Crippen molar-refractivity contribution >= 4 is 0 Å². The average Bonchev–Trinajstić information content (AvgIpc) is 3.51. The smallest absolute Gasteiger partial charge is 0.0998 e. The molecule has 238 valence electrons. The van der Waals surface area contributed by atoms with Crippen molar-refractivity contribution in [3.8, 4) is 62.2 Å². The summed E-state index contributed by atoms with van der Waals surface area (Å²) in [5, 5.41) is 10.4. The molecule has 0 radical (unpaired) electrons. The molecular formula is C47H30N4. The highest BCUT2D eigenvalue weighted by Gasteiger charge is 2.46. The van der Waals surface area contributed by atoms with E-state index in [1.807, 2.05) is 54.6 Å². The second kappa shape index (κ2) is 12.5. The molecule has 4 nitrogen and oxygen atoms in total. The Morgan fingerprint density at radius 1 is 0.412 bits per heavy atom. The van der Waals surface area contributed by atoms with E-state index in [1.54, 1.807) is 12.4 Å². The van der Waals surface area contributed by atoms with E-state index in [4.69, 9.17) is 4.98 Å². The SMILES string of the molecule is N#Cc1ccccc1-c1cc2c(cc1-c1cc(-c3ccccn3)nc(-c3ccccn3)c1)-c1ccccc1C2(c1ccccc1)c1ccccc1. The van der Waals surface area contributed by atoms with Crippen LogP contribution in [0.3, 0.4) is 0 Å². The highest BCUT2D eigenvalue weighted by Crippen LogP contribution is 2.58. The molecule has 0 saturated heterocycles. The Kier molecular flexibility index (Phi) is 7.38. The molecule has 8 aromatic rings. The number of fused-ring (bicyclic) bond motifs is 3. The summed E-state index contributed by atoms with van der Waals surface area (Å²) >= 11 is 0. The zero-order valence-electron chi connectivity index (χ0n) is 27.6. The van der Waals surface area contributed by atoms with Gasteiger partial charge in [-0.3, -0.25) is 9.97 Å². The normalized spacial score (nSPS) is 12.5. The molecule has 0 saturated carbocycles. The third-order valence-electron chi connectivity index (χ3n) is 9.93. The van der Waals surface area contributed by atoms with Crippen LogP contribution in [0.15, 0.2) is 182 Å². The largest absolute Gasteiger partial charge is 0.255 e. The van der Waals surface area contributed by atoms with Gasteiger partial charge in [-0.25, -0.2) is 4.98 Å². The maximum atomic E-state index is 10.4. The second-order valence-corrected chi connectivity index (χ2v) is 12.7. The van der Waals surface area contributed by atoms with Crippen LogP contribution in [0.2, 0.25) is 0 Å². The number of nitriles is 1. The van der Waals surface area contributed by atoms with E-state index >= 15 is 0 Å². The summed E-state index contributed by atoms with van der Waals surface area (Å²) in [6.07, 6.45) is 3.58. The lowest BCUT2D eigenvalue weighted by atomic mass is 9.67. The summed E-state index contributed by atoms with van der Waals surface area (Å²) < 4.78 is 0. The molecule has 0 unspecified atom stereocenters. The Balaban J connectivity index is 1.42. The van der Waals surface area contributed by atoms with Gasteiger partial charge in [0.15, 0.2) is 0 Å². The monoisotopic (exact) mass is 650 g/mol. The molecule has 0 N–H and O–H groups in total. The summed E-state index contributed by atoms with van der Waals surface area (Å²) in [4.78, 5) is 14.4. The van der Waals surface area contributed by atoms with Crippen LogP contribution < -0.4 is 0 Å². The van der Waals surface area contributed by atoms with E-state index in [0.29, 0.717) is 5.56 Å². The van der Waals surface area contributed by atoms with Gasteiger partial charge in [0.05, 0.1) is 39.8 Å². The van der Waals surface area contributed by atoms with Crippen molar-refractivity contribution in [2.24, 2.45) is 0 Å². The molecule has 0 spiro atoms. The van der Waals surface area contributed by atoms with Crippen LogP contribution >= 0.6 is 0 Å². The van der Waals surface area contributed by atoms with Crippen molar-refractivity contribution in [2.45, 2.75) is 5.41 Å². The quantitative estimate of drug-likeness (QED) is 0.180. The Morgan fingerprint density at radius 2 is 0.961 bits per heavy atom. The first-order chi connectivity index (χ1) is 25.3. The number of nitrogens with zero attached hydrogens (tertiary/aromatic N) is 4. The van der Waals surface area contributed by atoms with Gasteiger partial charge in [-0.05, 0) is 105 Å². The van der Waals surface area contributed by atoms with Gasteiger partial charge < -0.3 is 0 Å². The molecule has 9 rings (SSSR count). The molecule has 1 aliphatic carbocycles. The Hall–Kier alpha value is -6.96. The summed E-state index contributed by atoms with van der Waals surface area (Å²) in [5.41, 5.74) is 14.0. The van der Waals surface area contributed by atoms with Crippen molar-refractivity contribution in [3.05, 3.63) is 210 Å². The van der Waals surface area contributed by atoms with Gasteiger partial charge in [0.2, 0.25) is 0 Å². The number of benzene rings is 5. The van der Waals surface area contributed by atoms with Crippen LogP contribution in [0.4, 0.5) is 0 Å². The lowest BCUT2D eigenvalue weighted by Gasteiger charge is -2.34. The molecule has 3 aromatic heterocycles. The lowest BCUT2D eigenvalue weighted by molar-refractivity contribution is 0.769. The van der Waals surface area contributed by atoms with Crippen molar-refractivity contribution in [1.29, 1.82) is 5.26 Å². The second-order valence-electron chi connectivity index (χ2n) is 12.7. The van der Waals surface area contributed by atoms with Crippen LogP contribution in [0.1, 0.15) is 27.8 Å². The highest BCUT2D eigenvalue weighted by atomic mass is 14.8. The van der Waals surface area contributed by atoms with E-state index in [9.17, 15) is 5.26 Å². The molecule has 0 atom stereocenters. The Morgan fingerprint density at radius 3 is 1.55 bits per heavy atom. The van der Waals surface area contributed by atoms with Gasteiger partial charge in [-0.1, -0.05) is 115 Å². The van der Waals surface area contributed by atoms with Crippen LogP contribution in [0.5, 0.6) is 0 Å². The molecule has 0 fully saturated rings. The first kappa shape index (κ1) is 30.1. The fourth-order valence-corrected chi connectivity index (χ4v) is 7.74. The van der Waals surface area contributed by atoms with Crippen LogP contribution in [-0.4, -0.2) is 15.0 Å². The molecule has 3 heterocycles. The lowest BCUT2D eigenvalue weighted by Crippen LogP contribution is -2.28. The average molecular weight is 651 g/mol. The van der Waals surface area contributed by atoms with Gasteiger partial charge in [0.1, 0.15) is 0 Å². The van der Waals surface area contributed by atoms with Crippen molar-refractivity contribution in [2.75, 3.05) is 0 Å². The molecular weight excluding hydrogens is 621 g/mol. The number of hydrogen-bond donors (Lipinski definition) is 0. The summed E-state index contributed by atoms with van der Waals surface area (Å²) in [7, 11) is 0. The fourth-order valence-electron chi connectivity index (χ4n) is 7.74. The maximum absolute atomic E-state index is 10.4. The summed E-state index contributed by atoms with van der Waals surface area (Å²) in [6, 6.07) is 61.3. The molecule has 4 heteroatoms. The third-order valence-corrected chi connectivity index (χ3v) is 9.93. The minimum absolute atomic E-state index is 0.584. The van der Waals surface area contributed by atoms with E-state index in [-0.39, 0.29) is 0 Å². The molecule has 1 aliphatic rings. The Labute approximate surface area is 297 Å². The minimum Gasteiger partial charge on any atom is -0.255 e. The van der Waals surface area contributed by atoms with Gasteiger partial charge in [-0.2, -0.15) is 5.26 Å². The summed E-state index contributed by atoms with van der Waals surface area (Å²) in [6.45, 7) is 0. The highest BCUT2D eigenvalue weighted by molar-refractivity contribution is 5.96. The predicted octanol–water partition coefficient (Wildman–Crippen LogP) is 10.8. The number of rotatable bonds is 6. The topological polar surface area (TPSA) is 62.5 Å². The number of aromatic nitrogens is 3. The van der Waals surface area contributed by atoms with Gasteiger partial charge in [-0.15, -0.1) is 0 Å². The molecule has 5 aromatic carbocycles. The minimum atomic E-state index is -0.584. The third kappa shape index (κ3) is 4.95. The Bertz CT molecular complexity index is 2480. The van der Waals surface area contributed by atoms with Crippen LogP contribution in [-0.2, 0) is 5.41 Å². The zero-order chi connectivity index (χ0) is 34.2. The van der Waals surface area contributed by atoms with Crippen molar-refractivity contribution < 1.29 is 0 Å². The number of pyridine rings is 3. The zero-order valence-corrected chi connectivity index (χ0v) is 27.6. The molecule has 0 bridgehead atoms. The van der Waals surface area contributed by atoms with E-state index in [2.05, 4.69) is 131 Å². The predicted molar refractivity (Wildman–Crippen MR) is 204 cm³/mol. The fraction of sp³-hybridized carbons (Fsp3) is 0.0213. The van der Waals surface area contributed by atoms with Gasteiger partial charge in [0, 0.05) is 18.0 Å².